The first-order chi connectivity index (χ1) is 27.5. The van der Waals surface area contributed by atoms with Crippen molar-refractivity contribution in [2.75, 3.05) is 6.54 Å². The van der Waals surface area contributed by atoms with Gasteiger partial charge in [0.05, 0.1) is 17.6 Å². The molecule has 1 aromatic heterocycles. The summed E-state index contributed by atoms with van der Waals surface area (Å²) in [5, 5.41) is 2.49. The highest BCUT2D eigenvalue weighted by molar-refractivity contribution is 6.14. The van der Waals surface area contributed by atoms with Crippen LogP contribution in [-0.2, 0) is 0 Å². The first-order valence-electron chi connectivity index (χ1n) is 19.4. The van der Waals surface area contributed by atoms with E-state index in [9.17, 15) is 0 Å². The lowest BCUT2D eigenvalue weighted by Crippen LogP contribution is -2.06. The number of allylic oxidation sites excluding steroid dienone is 6. The number of hydrogen-bond acceptors (Lipinski definition) is 1. The van der Waals surface area contributed by atoms with Crippen molar-refractivity contribution in [2.24, 2.45) is 15.0 Å². The van der Waals surface area contributed by atoms with Crippen LogP contribution in [0.25, 0.3) is 49.7 Å². The lowest BCUT2D eigenvalue weighted by Gasteiger charge is -2.20. The fourth-order valence-electron chi connectivity index (χ4n) is 7.68. The summed E-state index contributed by atoms with van der Waals surface area (Å²) in [5.74, 6) is 1.43. The molecule has 0 amide bonds. The normalized spacial score (nSPS) is 15.3. The Hall–Kier alpha value is -6.65. The highest BCUT2D eigenvalue weighted by atomic mass is 15.0. The van der Waals surface area contributed by atoms with Crippen LogP contribution in [0.5, 0.6) is 0 Å². The molecule has 56 heavy (non-hydrogen) atoms. The number of para-hydroxylation sites is 1. The second kappa shape index (κ2) is 17.7. The van der Waals surface area contributed by atoms with E-state index < -0.39 is 0 Å². The highest BCUT2D eigenvalue weighted by Crippen LogP contribution is 2.39. The molecule has 0 saturated heterocycles. The molecular weight excluding hydrogens is 681 g/mol. The van der Waals surface area contributed by atoms with Gasteiger partial charge in [0.2, 0.25) is 0 Å². The minimum Gasteiger partial charge on any atom is -0.309 e. The van der Waals surface area contributed by atoms with E-state index in [0.717, 1.165) is 28.0 Å². The third kappa shape index (κ3) is 8.06. The Morgan fingerprint density at radius 2 is 1.55 bits per heavy atom. The maximum atomic E-state index is 4.97. The van der Waals surface area contributed by atoms with Crippen molar-refractivity contribution >= 4 is 40.2 Å². The van der Waals surface area contributed by atoms with E-state index in [0.29, 0.717) is 29.7 Å². The van der Waals surface area contributed by atoms with Crippen LogP contribution in [0.15, 0.2) is 203 Å². The fraction of sp³-hybridized carbons (Fsp3) is 0.135. The van der Waals surface area contributed by atoms with Gasteiger partial charge in [-0.25, -0.2) is 9.98 Å². The molecule has 276 valence electrons. The largest absolute Gasteiger partial charge is 0.309 e. The minimum atomic E-state index is 0.429. The number of aromatic nitrogens is 1. The molecule has 0 saturated carbocycles. The van der Waals surface area contributed by atoms with E-state index in [1.54, 1.807) is 6.08 Å². The minimum absolute atomic E-state index is 0.429. The summed E-state index contributed by atoms with van der Waals surface area (Å²) in [6.45, 7) is 16.1. The molecule has 1 aliphatic rings. The van der Waals surface area contributed by atoms with Crippen LogP contribution in [0.4, 0.5) is 0 Å². The summed E-state index contributed by atoms with van der Waals surface area (Å²) >= 11 is 0. The molecule has 1 unspecified atom stereocenters. The van der Waals surface area contributed by atoms with Gasteiger partial charge in [-0.05, 0) is 104 Å². The monoisotopic (exact) mass is 728 g/mol. The van der Waals surface area contributed by atoms with E-state index in [-0.39, 0.29) is 0 Å². The molecule has 1 aliphatic carbocycles. The van der Waals surface area contributed by atoms with E-state index in [4.69, 9.17) is 9.98 Å². The zero-order valence-electron chi connectivity index (χ0n) is 32.4. The molecule has 0 spiro atoms. The van der Waals surface area contributed by atoms with Gasteiger partial charge in [0.25, 0.3) is 0 Å². The standard InChI is InChI=1S/C52H48N4/c1-6-17-37(4)51(53-5)55-52(54-36-38(18-7-2)19-8-3)43-23-16-22-41(34-43)39-28-31-44(32-29-39)56-49-27-15-14-26-47(49)48-33-30-42(35-50(48)56)46-25-13-12-24-45(46)40-20-10-9-11-21-40/h6-8,10,12-20,22-35,40H,2,4-5,9,11,21,36H2,1,3H3/b17-6-,19-8-,38-18+,54-52?,55-51?. The molecule has 4 nitrogen and oxygen atoms in total. The van der Waals surface area contributed by atoms with Crippen molar-refractivity contribution in [1.29, 1.82) is 0 Å². The summed E-state index contributed by atoms with van der Waals surface area (Å²) in [4.78, 5) is 14.0. The molecule has 1 heterocycles. The summed E-state index contributed by atoms with van der Waals surface area (Å²) in [6, 6.07) is 41.8. The van der Waals surface area contributed by atoms with Gasteiger partial charge in [-0.15, -0.1) is 0 Å². The number of fused-ring (bicyclic) bond motifs is 3. The van der Waals surface area contributed by atoms with Crippen LogP contribution >= 0.6 is 0 Å². The Bertz CT molecular complexity index is 2600. The van der Waals surface area contributed by atoms with E-state index in [1.807, 2.05) is 56.4 Å². The summed E-state index contributed by atoms with van der Waals surface area (Å²) < 4.78 is 2.40. The van der Waals surface area contributed by atoms with Crippen molar-refractivity contribution in [3.63, 3.8) is 0 Å². The molecule has 6 aromatic rings. The van der Waals surface area contributed by atoms with Gasteiger partial charge in [-0.3, -0.25) is 4.99 Å². The van der Waals surface area contributed by atoms with Crippen LogP contribution in [0.3, 0.4) is 0 Å². The van der Waals surface area contributed by atoms with Gasteiger partial charge < -0.3 is 4.57 Å². The second-order valence-electron chi connectivity index (χ2n) is 14.0. The average molecular weight is 729 g/mol. The van der Waals surface area contributed by atoms with Crippen molar-refractivity contribution in [3.05, 3.63) is 199 Å². The number of amidine groups is 2. The first-order valence-corrected chi connectivity index (χ1v) is 19.4. The lowest BCUT2D eigenvalue weighted by molar-refractivity contribution is 0.655. The number of hydrogen-bond donors (Lipinski definition) is 0. The fourth-order valence-corrected chi connectivity index (χ4v) is 7.68. The molecule has 0 fully saturated rings. The number of benzene rings is 5. The molecule has 0 aliphatic heterocycles. The van der Waals surface area contributed by atoms with Crippen LogP contribution in [0.2, 0.25) is 0 Å². The van der Waals surface area contributed by atoms with Gasteiger partial charge >= 0.3 is 0 Å². The highest BCUT2D eigenvalue weighted by Gasteiger charge is 2.18. The third-order valence-electron chi connectivity index (χ3n) is 10.3. The second-order valence-corrected chi connectivity index (χ2v) is 14.0. The number of aliphatic imine (C=N–C) groups is 3. The predicted octanol–water partition coefficient (Wildman–Crippen LogP) is 13.6. The molecule has 5 aromatic carbocycles. The number of nitrogens with zero attached hydrogens (tertiary/aromatic N) is 4. The molecule has 7 rings (SSSR count). The van der Waals surface area contributed by atoms with Gasteiger partial charge in [0.15, 0.2) is 11.7 Å². The average Bonchev–Trinajstić information content (AvgIpc) is 3.58. The molecule has 0 bridgehead atoms. The van der Waals surface area contributed by atoms with Gasteiger partial charge in [-0.1, -0.05) is 147 Å². The molecule has 1 atom stereocenters. The third-order valence-corrected chi connectivity index (χ3v) is 10.3. The van der Waals surface area contributed by atoms with Crippen molar-refractivity contribution < 1.29 is 0 Å². The van der Waals surface area contributed by atoms with Crippen molar-refractivity contribution in [2.45, 2.75) is 39.0 Å². The summed E-state index contributed by atoms with van der Waals surface area (Å²) in [7, 11) is 0. The van der Waals surface area contributed by atoms with Crippen LogP contribution in [0, 0.1) is 0 Å². The molecule has 4 heteroatoms. The summed E-state index contributed by atoms with van der Waals surface area (Å²) in [5.41, 5.74) is 12.2. The Labute approximate surface area is 331 Å². The quantitative estimate of drug-likeness (QED) is 0.0552. The van der Waals surface area contributed by atoms with Crippen LogP contribution < -0.4 is 0 Å². The Kier molecular flexibility index (Phi) is 11.9. The van der Waals surface area contributed by atoms with Crippen molar-refractivity contribution in [1.82, 2.24) is 4.57 Å². The Morgan fingerprint density at radius 3 is 2.32 bits per heavy atom. The van der Waals surface area contributed by atoms with Crippen LogP contribution in [0.1, 0.15) is 50.2 Å². The predicted molar refractivity (Wildman–Crippen MR) is 243 cm³/mol. The summed E-state index contributed by atoms with van der Waals surface area (Å²) in [6.07, 6.45) is 19.9. The molecular formula is C52H48N4. The first kappa shape index (κ1) is 37.7. The van der Waals surface area contributed by atoms with Gasteiger partial charge in [0.1, 0.15) is 0 Å². The van der Waals surface area contributed by atoms with E-state index in [2.05, 4.69) is 145 Å². The van der Waals surface area contributed by atoms with Gasteiger partial charge in [0, 0.05) is 33.5 Å². The van der Waals surface area contributed by atoms with E-state index in [1.165, 1.54) is 57.8 Å². The van der Waals surface area contributed by atoms with Crippen molar-refractivity contribution in [3.8, 4) is 27.9 Å². The van der Waals surface area contributed by atoms with E-state index >= 15 is 0 Å². The van der Waals surface area contributed by atoms with Crippen LogP contribution in [-0.4, -0.2) is 29.5 Å². The molecule has 0 radical (unpaired) electrons. The number of rotatable bonds is 11. The maximum absolute atomic E-state index is 4.97. The molecule has 0 N–H and O–H groups in total. The van der Waals surface area contributed by atoms with Gasteiger partial charge in [-0.2, -0.15) is 0 Å². The smallest absolute Gasteiger partial charge is 0.160 e. The Morgan fingerprint density at radius 1 is 0.786 bits per heavy atom. The Balaban J connectivity index is 1.28. The topological polar surface area (TPSA) is 42.0 Å². The SMILES string of the molecule is C=C/C=C(\C=C/C)CN=C(N=C(N=C)C(=C)/C=C\C)c1cccc(-c2ccc(-n3c4ccccc4c4ccc(-c5ccccc5C5C=CCCC5)cc43)cc2)c1. The lowest BCUT2D eigenvalue weighted by atomic mass is 9.84. The zero-order valence-corrected chi connectivity index (χ0v) is 32.4. The maximum Gasteiger partial charge on any atom is 0.160 e. The zero-order chi connectivity index (χ0) is 38.9.